The molecule has 430 valence electrons. The van der Waals surface area contributed by atoms with Crippen LogP contribution in [-0.4, -0.2) is 0 Å². The van der Waals surface area contributed by atoms with E-state index in [4.69, 9.17) is 0 Å². The number of nitrogens with zero attached hydrogens (tertiary/aromatic N) is 4. The van der Waals surface area contributed by atoms with Gasteiger partial charge in [0.25, 0.3) is 0 Å². The molecule has 14 aromatic carbocycles. The first-order valence-corrected chi connectivity index (χ1v) is 31.3. The molecule has 0 aliphatic carbocycles. The quantitative estimate of drug-likeness (QED) is 0.128. The summed E-state index contributed by atoms with van der Waals surface area (Å²) in [5.41, 5.74) is 25.1. The van der Waals surface area contributed by atoms with Crippen molar-refractivity contribution in [1.29, 1.82) is 0 Å². The Morgan fingerprint density at radius 1 is 0.211 bits per heavy atom. The Hall–Kier alpha value is -11.2. The number of fused-ring (bicyclic) bond motifs is 6. The average Bonchev–Trinajstić information content (AvgIpc) is 0.738. The standard InChI is InChI=1S/C86H66N4/c1-85(2)77-55-67(59-21-9-5-10-22-59)39-49-81(77)89(73-45-37-61-25-17-19-27-65(61)53-73)83-51-47-75(57-79(83)85)87(69-29-13-7-14-30-69)71-41-33-63(34-42-71)64-35-43-72(44-36-64)88(70-31-15-8-16-32-70)76-48-52-84-80(58-76)86(3,4)78-56-68(60-23-11-6-12-24-60)40-50-82(78)90(84)74-46-38-62-26-18-20-28-66(62)54-74/h5-58H,1-4H3. The molecule has 2 aliphatic heterocycles. The predicted molar refractivity (Wildman–Crippen MR) is 381 cm³/mol. The summed E-state index contributed by atoms with van der Waals surface area (Å²) in [4.78, 5) is 9.75. The molecule has 0 unspecified atom stereocenters. The van der Waals surface area contributed by atoms with Crippen molar-refractivity contribution in [2.45, 2.75) is 38.5 Å². The molecule has 0 saturated carbocycles. The highest BCUT2D eigenvalue weighted by atomic mass is 15.2. The Bertz CT molecular complexity index is 4680. The van der Waals surface area contributed by atoms with Crippen LogP contribution in [0.2, 0.25) is 0 Å². The summed E-state index contributed by atoms with van der Waals surface area (Å²) in [6.45, 7) is 9.56. The van der Waals surface area contributed by atoms with E-state index in [-0.39, 0.29) is 10.8 Å². The van der Waals surface area contributed by atoms with Crippen LogP contribution in [0.1, 0.15) is 49.9 Å². The summed E-state index contributed by atoms with van der Waals surface area (Å²) in [7, 11) is 0. The first-order chi connectivity index (χ1) is 44.1. The minimum absolute atomic E-state index is 0.344. The van der Waals surface area contributed by atoms with Gasteiger partial charge in [-0.05, 0) is 211 Å². The predicted octanol–water partition coefficient (Wildman–Crippen LogP) is 24.2. The van der Waals surface area contributed by atoms with E-state index in [0.717, 1.165) is 56.6 Å². The molecule has 14 aromatic rings. The molecular formula is C86H66N4. The van der Waals surface area contributed by atoms with Gasteiger partial charge in [-0.2, -0.15) is 0 Å². The lowest BCUT2D eigenvalue weighted by atomic mass is 9.72. The summed E-state index contributed by atoms with van der Waals surface area (Å²) in [5, 5.41) is 4.89. The van der Waals surface area contributed by atoms with Crippen molar-refractivity contribution in [2.75, 3.05) is 19.6 Å². The van der Waals surface area contributed by atoms with Crippen LogP contribution in [0.15, 0.2) is 328 Å². The molecule has 0 spiro atoms. The molecule has 0 amide bonds. The molecule has 0 saturated heterocycles. The number of benzene rings is 14. The smallest absolute Gasteiger partial charge is 0.0504 e. The van der Waals surface area contributed by atoms with Crippen LogP contribution >= 0.6 is 0 Å². The Labute approximate surface area is 528 Å². The van der Waals surface area contributed by atoms with Crippen molar-refractivity contribution < 1.29 is 0 Å². The van der Waals surface area contributed by atoms with Crippen LogP contribution in [0, 0.1) is 0 Å². The van der Waals surface area contributed by atoms with E-state index < -0.39 is 0 Å². The summed E-state index contributed by atoms with van der Waals surface area (Å²) >= 11 is 0. The second kappa shape index (κ2) is 21.9. The van der Waals surface area contributed by atoms with E-state index in [1.165, 1.54) is 88.8 Å². The largest absolute Gasteiger partial charge is 0.310 e. The monoisotopic (exact) mass is 1150 g/mol. The second-order valence-corrected chi connectivity index (χ2v) is 25.0. The van der Waals surface area contributed by atoms with Gasteiger partial charge >= 0.3 is 0 Å². The first-order valence-electron chi connectivity index (χ1n) is 31.3. The maximum absolute atomic E-state index is 2.47. The molecule has 2 aliphatic rings. The lowest BCUT2D eigenvalue weighted by molar-refractivity contribution is 0.632. The third-order valence-electron chi connectivity index (χ3n) is 18.9. The van der Waals surface area contributed by atoms with Crippen LogP contribution in [0.4, 0.5) is 68.2 Å². The zero-order valence-electron chi connectivity index (χ0n) is 51.0. The van der Waals surface area contributed by atoms with Crippen molar-refractivity contribution in [1.82, 2.24) is 0 Å². The van der Waals surface area contributed by atoms with Gasteiger partial charge in [-0.3, -0.25) is 0 Å². The molecular weight excluding hydrogens is 1090 g/mol. The Morgan fingerprint density at radius 3 is 0.867 bits per heavy atom. The molecule has 0 bridgehead atoms. The zero-order chi connectivity index (χ0) is 60.5. The van der Waals surface area contributed by atoms with Gasteiger partial charge in [0.15, 0.2) is 0 Å². The van der Waals surface area contributed by atoms with Gasteiger partial charge in [0.1, 0.15) is 0 Å². The number of anilines is 12. The Morgan fingerprint density at radius 2 is 0.489 bits per heavy atom. The molecule has 0 N–H and O–H groups in total. The normalized spacial score (nSPS) is 13.5. The highest BCUT2D eigenvalue weighted by molar-refractivity contribution is 5.96. The lowest BCUT2D eigenvalue weighted by Gasteiger charge is -2.43. The highest BCUT2D eigenvalue weighted by Gasteiger charge is 2.40. The fourth-order valence-electron chi connectivity index (χ4n) is 14.2. The van der Waals surface area contributed by atoms with Gasteiger partial charge < -0.3 is 19.6 Å². The third kappa shape index (κ3) is 9.39. The summed E-state index contributed by atoms with van der Waals surface area (Å²) in [6, 6.07) is 121. The number of rotatable bonds is 11. The maximum Gasteiger partial charge on any atom is 0.0504 e. The van der Waals surface area contributed by atoms with Crippen molar-refractivity contribution >= 4 is 89.8 Å². The Kier molecular flexibility index (Phi) is 13.2. The van der Waals surface area contributed by atoms with Crippen LogP contribution in [0.3, 0.4) is 0 Å². The number of para-hydroxylation sites is 2. The topological polar surface area (TPSA) is 13.0 Å². The summed E-state index contributed by atoms with van der Waals surface area (Å²) < 4.78 is 0. The molecule has 0 fully saturated rings. The lowest BCUT2D eigenvalue weighted by Crippen LogP contribution is -2.31. The van der Waals surface area contributed by atoms with Gasteiger partial charge in [-0.25, -0.2) is 0 Å². The number of hydrogen-bond donors (Lipinski definition) is 0. The second-order valence-electron chi connectivity index (χ2n) is 25.0. The molecule has 0 atom stereocenters. The minimum atomic E-state index is -0.344. The van der Waals surface area contributed by atoms with Crippen molar-refractivity contribution in [2.24, 2.45) is 0 Å². The van der Waals surface area contributed by atoms with E-state index in [0.29, 0.717) is 0 Å². The van der Waals surface area contributed by atoms with Gasteiger partial charge in [0, 0.05) is 56.3 Å². The fraction of sp³-hybridized carbons (Fsp3) is 0.0698. The number of hydrogen-bond acceptors (Lipinski definition) is 4. The fourth-order valence-corrected chi connectivity index (χ4v) is 14.2. The van der Waals surface area contributed by atoms with E-state index in [1.807, 2.05) is 0 Å². The molecule has 16 rings (SSSR count). The van der Waals surface area contributed by atoms with Crippen LogP contribution in [0.25, 0.3) is 54.9 Å². The Balaban J connectivity index is 0.755. The maximum atomic E-state index is 2.47. The molecule has 4 nitrogen and oxygen atoms in total. The van der Waals surface area contributed by atoms with E-state index >= 15 is 0 Å². The van der Waals surface area contributed by atoms with Crippen LogP contribution in [0.5, 0.6) is 0 Å². The zero-order valence-corrected chi connectivity index (χ0v) is 51.0. The highest BCUT2D eigenvalue weighted by Crippen LogP contribution is 2.57. The van der Waals surface area contributed by atoms with Gasteiger partial charge in [0.05, 0.1) is 22.7 Å². The molecule has 4 heteroatoms. The summed E-state index contributed by atoms with van der Waals surface area (Å²) in [6.07, 6.45) is 0. The van der Waals surface area contributed by atoms with Gasteiger partial charge in [-0.1, -0.05) is 222 Å². The van der Waals surface area contributed by atoms with E-state index in [9.17, 15) is 0 Å². The first kappa shape index (κ1) is 54.2. The van der Waals surface area contributed by atoms with E-state index in [1.54, 1.807) is 0 Å². The summed E-state index contributed by atoms with van der Waals surface area (Å²) in [5.74, 6) is 0. The van der Waals surface area contributed by atoms with Crippen LogP contribution in [-0.2, 0) is 10.8 Å². The van der Waals surface area contributed by atoms with Crippen molar-refractivity contribution in [3.05, 3.63) is 350 Å². The SMILES string of the molecule is CC1(C)c2cc(-c3ccccc3)ccc2N(c2ccc3ccccc3c2)c2ccc(N(c3ccccc3)c3ccc(-c4ccc(N(c5ccccc5)c5ccc6c(c5)C(C)(C)c5cc(-c7ccccc7)ccc5N6c5ccc6ccccc6c5)cc4)cc3)cc21. The average molecular weight is 1160 g/mol. The van der Waals surface area contributed by atoms with Crippen molar-refractivity contribution in [3.63, 3.8) is 0 Å². The molecule has 0 radical (unpaired) electrons. The third-order valence-corrected chi connectivity index (χ3v) is 18.9. The van der Waals surface area contributed by atoms with Gasteiger partial charge in [-0.15, -0.1) is 0 Å². The molecule has 2 heterocycles. The molecule has 0 aromatic heterocycles. The van der Waals surface area contributed by atoms with Crippen LogP contribution < -0.4 is 19.6 Å². The molecule has 90 heavy (non-hydrogen) atoms. The van der Waals surface area contributed by atoms with Crippen molar-refractivity contribution in [3.8, 4) is 33.4 Å². The van der Waals surface area contributed by atoms with Gasteiger partial charge in [0.2, 0.25) is 0 Å². The van der Waals surface area contributed by atoms with E-state index in [2.05, 4.69) is 375 Å². The minimum Gasteiger partial charge on any atom is -0.310 e.